The van der Waals surface area contributed by atoms with Crippen molar-refractivity contribution in [1.82, 2.24) is 4.31 Å². The number of ether oxygens (including phenoxy) is 2. The van der Waals surface area contributed by atoms with E-state index < -0.39 is 22.0 Å². The zero-order valence-electron chi connectivity index (χ0n) is 13.7. The molecule has 0 aromatic heterocycles. The maximum Gasteiger partial charge on any atom is 0.359 e. The molecule has 2 rings (SSSR count). The zero-order chi connectivity index (χ0) is 17.9. The second-order valence-corrected chi connectivity index (χ2v) is 7.15. The van der Waals surface area contributed by atoms with Gasteiger partial charge in [-0.25, -0.2) is 13.2 Å². The summed E-state index contributed by atoms with van der Waals surface area (Å²) in [7, 11) is -1.58. The van der Waals surface area contributed by atoms with E-state index in [4.69, 9.17) is 4.74 Å². The van der Waals surface area contributed by atoms with Crippen LogP contribution in [0, 0.1) is 0 Å². The minimum atomic E-state index is -3.93. The fourth-order valence-corrected chi connectivity index (χ4v) is 3.71. The molecule has 24 heavy (non-hydrogen) atoms. The maximum absolute atomic E-state index is 12.6. The Kier molecular flexibility index (Phi) is 5.28. The molecule has 0 amide bonds. The third-order valence-corrected chi connectivity index (χ3v) is 5.44. The average Bonchev–Trinajstić information content (AvgIpc) is 2.57. The van der Waals surface area contributed by atoms with E-state index in [2.05, 4.69) is 4.74 Å². The average molecular weight is 353 g/mol. The summed E-state index contributed by atoms with van der Waals surface area (Å²) in [6, 6.07) is 6.05. The Morgan fingerprint density at radius 1 is 1.21 bits per heavy atom. The van der Waals surface area contributed by atoms with Gasteiger partial charge in [0, 0.05) is 19.0 Å². The van der Waals surface area contributed by atoms with Crippen LogP contribution in [-0.4, -0.2) is 38.8 Å². The van der Waals surface area contributed by atoms with Crippen molar-refractivity contribution in [2.75, 3.05) is 14.2 Å². The molecular weight excluding hydrogens is 334 g/mol. The molecule has 1 aromatic rings. The number of esters is 2. The van der Waals surface area contributed by atoms with Crippen LogP contribution in [0.2, 0.25) is 0 Å². The molecule has 1 aliphatic heterocycles. The summed E-state index contributed by atoms with van der Waals surface area (Å²) < 4.78 is 36.0. The lowest BCUT2D eigenvalue weighted by atomic mass is 10.1. The number of sulfonamides is 1. The van der Waals surface area contributed by atoms with Crippen LogP contribution >= 0.6 is 0 Å². The number of hydrogen-bond acceptors (Lipinski definition) is 6. The fraction of sp³-hybridized carbons (Fsp3) is 0.375. The summed E-state index contributed by atoms with van der Waals surface area (Å²) in [6.07, 6.45) is 1.62. The molecule has 0 radical (unpaired) electrons. The number of nitrogens with zero attached hydrogens (tertiary/aromatic N) is 1. The van der Waals surface area contributed by atoms with E-state index in [9.17, 15) is 18.0 Å². The molecule has 0 aliphatic carbocycles. The highest BCUT2D eigenvalue weighted by molar-refractivity contribution is 7.89. The summed E-state index contributed by atoms with van der Waals surface area (Å²) in [5, 5.41) is 0. The number of methoxy groups -OCH3 is 1. The van der Waals surface area contributed by atoms with E-state index >= 15 is 0 Å². The number of carbonyl (C=O) groups is 2. The van der Waals surface area contributed by atoms with Gasteiger partial charge in [0.05, 0.1) is 12.0 Å². The summed E-state index contributed by atoms with van der Waals surface area (Å²) >= 11 is 0. The van der Waals surface area contributed by atoms with Crippen LogP contribution in [0.5, 0.6) is 0 Å². The van der Waals surface area contributed by atoms with Crippen LogP contribution in [0.3, 0.4) is 0 Å². The largest absolute Gasteiger partial charge is 0.464 e. The summed E-state index contributed by atoms with van der Waals surface area (Å²) in [6.45, 7) is 1.93. The van der Waals surface area contributed by atoms with E-state index in [1.165, 1.54) is 19.2 Å². The van der Waals surface area contributed by atoms with Crippen molar-refractivity contribution in [2.24, 2.45) is 0 Å². The highest BCUT2D eigenvalue weighted by atomic mass is 32.2. The fourth-order valence-electron chi connectivity index (χ4n) is 2.32. The Labute approximate surface area is 140 Å². The van der Waals surface area contributed by atoms with Crippen molar-refractivity contribution in [3.05, 3.63) is 35.5 Å². The first-order valence-corrected chi connectivity index (χ1v) is 8.90. The predicted octanol–water partition coefficient (Wildman–Crippen LogP) is 1.90. The van der Waals surface area contributed by atoms with Crippen molar-refractivity contribution >= 4 is 27.7 Å². The molecule has 0 N–H and O–H groups in total. The molecule has 0 bridgehead atoms. The van der Waals surface area contributed by atoms with Crippen LogP contribution in [0.25, 0.3) is 5.76 Å². The normalized spacial score (nSPS) is 15.7. The smallest absolute Gasteiger partial charge is 0.359 e. The standard InChI is InChI=1S/C16H19NO6S/c1-4-5-10-13(18)23-15-11-8-6-7-9-12(11)24(20,21)17(2)14(15)16(19)22-3/h6-9H,4-5,10H2,1-3H3. The lowest BCUT2D eigenvalue weighted by molar-refractivity contribution is -0.138. The van der Waals surface area contributed by atoms with Gasteiger partial charge in [0.1, 0.15) is 0 Å². The highest BCUT2D eigenvalue weighted by Crippen LogP contribution is 2.37. The Bertz CT molecular complexity index is 797. The van der Waals surface area contributed by atoms with Crippen molar-refractivity contribution in [2.45, 2.75) is 31.1 Å². The second kappa shape index (κ2) is 7.04. The van der Waals surface area contributed by atoms with Gasteiger partial charge in [0.15, 0.2) is 11.5 Å². The van der Waals surface area contributed by atoms with Crippen LogP contribution < -0.4 is 0 Å². The minimum absolute atomic E-state index is 0.0292. The molecule has 1 aromatic carbocycles. The lowest BCUT2D eigenvalue weighted by Crippen LogP contribution is -2.36. The number of rotatable bonds is 5. The van der Waals surface area contributed by atoms with Crippen LogP contribution in [0.15, 0.2) is 34.9 Å². The molecule has 0 spiro atoms. The Morgan fingerprint density at radius 2 is 1.88 bits per heavy atom. The van der Waals surface area contributed by atoms with Crippen molar-refractivity contribution in [3.63, 3.8) is 0 Å². The zero-order valence-corrected chi connectivity index (χ0v) is 14.6. The molecule has 1 heterocycles. The third-order valence-electron chi connectivity index (χ3n) is 3.63. The molecule has 130 valence electrons. The first kappa shape index (κ1) is 18.0. The predicted molar refractivity (Wildman–Crippen MR) is 85.9 cm³/mol. The van der Waals surface area contributed by atoms with E-state index in [0.717, 1.165) is 17.8 Å². The molecule has 0 atom stereocenters. The van der Waals surface area contributed by atoms with Gasteiger partial charge in [-0.15, -0.1) is 0 Å². The third kappa shape index (κ3) is 3.14. The number of likely N-dealkylation sites (N-methyl/N-ethyl adjacent to an activating group) is 1. The van der Waals surface area contributed by atoms with Gasteiger partial charge in [-0.3, -0.25) is 9.10 Å². The van der Waals surface area contributed by atoms with Gasteiger partial charge in [-0.2, -0.15) is 0 Å². The highest BCUT2D eigenvalue weighted by Gasteiger charge is 2.39. The van der Waals surface area contributed by atoms with E-state index in [-0.39, 0.29) is 28.3 Å². The molecule has 8 heteroatoms. The molecule has 1 aliphatic rings. The van der Waals surface area contributed by atoms with Gasteiger partial charge < -0.3 is 9.47 Å². The Hall–Kier alpha value is -2.35. The molecule has 0 unspecified atom stereocenters. The Balaban J connectivity index is 2.62. The van der Waals surface area contributed by atoms with Gasteiger partial charge in [0.25, 0.3) is 10.0 Å². The molecule has 0 saturated heterocycles. The van der Waals surface area contributed by atoms with Gasteiger partial charge >= 0.3 is 11.9 Å². The maximum atomic E-state index is 12.6. The quantitative estimate of drug-likeness (QED) is 0.751. The number of benzene rings is 1. The van der Waals surface area contributed by atoms with Crippen molar-refractivity contribution in [3.8, 4) is 0 Å². The lowest BCUT2D eigenvalue weighted by Gasteiger charge is -2.29. The van der Waals surface area contributed by atoms with Gasteiger partial charge in [0.2, 0.25) is 0 Å². The molecule has 0 fully saturated rings. The van der Waals surface area contributed by atoms with E-state index in [0.29, 0.717) is 6.42 Å². The van der Waals surface area contributed by atoms with Crippen LogP contribution in [0.4, 0.5) is 0 Å². The second-order valence-electron chi connectivity index (χ2n) is 5.22. The van der Waals surface area contributed by atoms with Crippen LogP contribution in [-0.2, 0) is 29.1 Å². The first-order chi connectivity index (χ1) is 11.3. The molecule has 7 nitrogen and oxygen atoms in total. The van der Waals surface area contributed by atoms with E-state index in [1.807, 2.05) is 6.92 Å². The Morgan fingerprint density at radius 3 is 2.50 bits per heavy atom. The number of unbranched alkanes of at least 4 members (excludes halogenated alkanes) is 1. The monoisotopic (exact) mass is 353 g/mol. The summed E-state index contributed by atoms with van der Waals surface area (Å²) in [5.74, 6) is -1.53. The van der Waals surface area contributed by atoms with Crippen LogP contribution in [0.1, 0.15) is 31.7 Å². The van der Waals surface area contributed by atoms with Crippen molar-refractivity contribution < 1.29 is 27.5 Å². The minimum Gasteiger partial charge on any atom is -0.464 e. The van der Waals surface area contributed by atoms with Crippen molar-refractivity contribution in [1.29, 1.82) is 0 Å². The molecular formula is C16H19NO6S. The van der Waals surface area contributed by atoms with Gasteiger partial charge in [-0.05, 0) is 18.6 Å². The first-order valence-electron chi connectivity index (χ1n) is 7.46. The topological polar surface area (TPSA) is 90.0 Å². The number of carbonyl (C=O) groups excluding carboxylic acids is 2. The SMILES string of the molecule is CCCCC(=O)OC1=C(C(=O)OC)N(C)S(=O)(=O)c2ccccc21. The van der Waals surface area contributed by atoms with E-state index in [1.54, 1.807) is 12.1 Å². The summed E-state index contributed by atoms with van der Waals surface area (Å²) in [4.78, 5) is 24.1. The van der Waals surface area contributed by atoms with Gasteiger partial charge in [-0.1, -0.05) is 25.5 Å². The number of hydrogen-bond donors (Lipinski definition) is 0. The summed E-state index contributed by atoms with van der Waals surface area (Å²) in [5.41, 5.74) is -0.151. The molecule has 0 saturated carbocycles. The number of fused-ring (bicyclic) bond motifs is 1.